The molecule has 0 spiro atoms. The van der Waals surface area contributed by atoms with Crippen molar-refractivity contribution in [1.82, 2.24) is 0 Å². The molecule has 2 heteroatoms. The second kappa shape index (κ2) is 3.56. The number of ether oxygens (including phenoxy) is 2. The van der Waals surface area contributed by atoms with Gasteiger partial charge in [0.2, 0.25) is 0 Å². The first-order chi connectivity index (χ1) is 8.83. The van der Waals surface area contributed by atoms with Gasteiger partial charge in [0.1, 0.15) is 0 Å². The molecule has 1 aliphatic carbocycles. The van der Waals surface area contributed by atoms with Crippen LogP contribution in [0.15, 0.2) is 46.0 Å². The van der Waals surface area contributed by atoms with Crippen molar-refractivity contribution in [3.05, 3.63) is 46.0 Å². The molecule has 2 atom stereocenters. The van der Waals surface area contributed by atoms with Crippen molar-refractivity contribution in [3.8, 4) is 0 Å². The molecule has 19 heavy (non-hydrogen) atoms. The quantitative estimate of drug-likeness (QED) is 0.693. The fraction of sp³-hybridized carbons (Fsp3) is 0.529. The smallest absolute Gasteiger partial charge is 0.174 e. The molecule has 2 aliphatic heterocycles. The maximum atomic E-state index is 6.21. The molecular formula is C17H22O2. The zero-order valence-corrected chi connectivity index (χ0v) is 12.7. The van der Waals surface area contributed by atoms with E-state index in [9.17, 15) is 0 Å². The van der Waals surface area contributed by atoms with Crippen LogP contribution in [0.3, 0.4) is 0 Å². The van der Waals surface area contributed by atoms with Crippen LogP contribution in [0.5, 0.6) is 0 Å². The van der Waals surface area contributed by atoms with Gasteiger partial charge in [-0.25, -0.2) is 0 Å². The van der Waals surface area contributed by atoms with Crippen molar-refractivity contribution >= 4 is 0 Å². The maximum absolute atomic E-state index is 6.21. The predicted molar refractivity (Wildman–Crippen MR) is 76.5 cm³/mol. The second-order valence-corrected chi connectivity index (χ2v) is 6.07. The largest absolute Gasteiger partial charge is 0.483 e. The normalized spacial score (nSPS) is 36.5. The Morgan fingerprint density at radius 3 is 1.89 bits per heavy atom. The van der Waals surface area contributed by atoms with E-state index in [0.29, 0.717) is 0 Å². The lowest BCUT2D eigenvalue weighted by atomic mass is 9.67. The van der Waals surface area contributed by atoms with E-state index >= 15 is 0 Å². The van der Waals surface area contributed by atoms with Gasteiger partial charge in [0.05, 0.1) is 11.5 Å². The Hall–Kier alpha value is -1.44. The van der Waals surface area contributed by atoms with Crippen LogP contribution in [-0.4, -0.2) is 11.2 Å². The minimum absolute atomic E-state index is 0.411. The zero-order valence-electron chi connectivity index (χ0n) is 12.7. The highest BCUT2D eigenvalue weighted by molar-refractivity contribution is 5.62. The molecule has 0 aromatic rings. The number of hydrogen-bond donors (Lipinski definition) is 0. The molecule has 3 aliphatic rings. The van der Waals surface area contributed by atoms with Gasteiger partial charge < -0.3 is 9.47 Å². The zero-order chi connectivity index (χ0) is 14.0. The lowest BCUT2D eigenvalue weighted by Gasteiger charge is -2.46. The van der Waals surface area contributed by atoms with Crippen molar-refractivity contribution in [2.75, 3.05) is 0 Å². The van der Waals surface area contributed by atoms with Crippen molar-refractivity contribution in [3.63, 3.8) is 0 Å². The summed E-state index contributed by atoms with van der Waals surface area (Å²) >= 11 is 0. The SMILES string of the molecule is CCC1=C2C=C(C)OC2(C)C2(C)OC(C)=CC2=C1C. The average Bonchev–Trinajstić information content (AvgIpc) is 2.79. The van der Waals surface area contributed by atoms with Gasteiger partial charge in [-0.1, -0.05) is 6.92 Å². The van der Waals surface area contributed by atoms with Crippen LogP contribution in [0, 0.1) is 0 Å². The lowest BCUT2D eigenvalue weighted by Crippen LogP contribution is -2.54. The number of hydrogen-bond acceptors (Lipinski definition) is 2. The van der Waals surface area contributed by atoms with Crippen LogP contribution in [0.2, 0.25) is 0 Å². The molecule has 2 heterocycles. The van der Waals surface area contributed by atoms with Gasteiger partial charge in [-0.05, 0) is 64.3 Å². The van der Waals surface area contributed by atoms with Gasteiger partial charge in [-0.3, -0.25) is 0 Å². The maximum Gasteiger partial charge on any atom is 0.174 e. The van der Waals surface area contributed by atoms with E-state index in [-0.39, 0.29) is 0 Å². The van der Waals surface area contributed by atoms with Gasteiger partial charge in [-0.15, -0.1) is 0 Å². The van der Waals surface area contributed by atoms with E-state index in [2.05, 4.69) is 39.8 Å². The molecule has 0 amide bonds. The van der Waals surface area contributed by atoms with E-state index in [1.165, 1.54) is 22.3 Å². The lowest BCUT2D eigenvalue weighted by molar-refractivity contribution is -0.0958. The molecule has 0 bridgehead atoms. The Bertz CT molecular complexity index is 588. The van der Waals surface area contributed by atoms with Crippen LogP contribution >= 0.6 is 0 Å². The summed E-state index contributed by atoms with van der Waals surface area (Å²) < 4.78 is 12.4. The molecule has 0 aromatic heterocycles. The predicted octanol–water partition coefficient (Wildman–Crippen LogP) is 4.41. The molecule has 3 rings (SSSR count). The molecule has 0 saturated carbocycles. The van der Waals surface area contributed by atoms with Gasteiger partial charge in [0.15, 0.2) is 11.2 Å². The van der Waals surface area contributed by atoms with Crippen molar-refractivity contribution < 1.29 is 9.47 Å². The number of fused-ring (bicyclic) bond motifs is 3. The summed E-state index contributed by atoms with van der Waals surface area (Å²) in [6.45, 7) is 12.8. The average molecular weight is 258 g/mol. The molecule has 2 unspecified atom stereocenters. The molecule has 0 aromatic carbocycles. The monoisotopic (exact) mass is 258 g/mol. The van der Waals surface area contributed by atoms with E-state index in [4.69, 9.17) is 9.47 Å². The van der Waals surface area contributed by atoms with E-state index in [1.807, 2.05) is 13.8 Å². The highest BCUT2D eigenvalue weighted by atomic mass is 16.6. The molecule has 102 valence electrons. The molecule has 0 saturated heterocycles. The van der Waals surface area contributed by atoms with Crippen molar-refractivity contribution in [2.24, 2.45) is 0 Å². The standard InChI is InChI=1S/C17H22O2/c1-7-13-12(4)14-8-10(2)18-16(14,5)17(6)15(13)9-11(3)19-17/h8-9H,7H2,1-6H3. The fourth-order valence-corrected chi connectivity index (χ4v) is 3.86. The van der Waals surface area contributed by atoms with E-state index < -0.39 is 11.2 Å². The first-order valence-corrected chi connectivity index (χ1v) is 7.03. The van der Waals surface area contributed by atoms with E-state index in [1.54, 1.807) is 0 Å². The van der Waals surface area contributed by atoms with Crippen LogP contribution in [0.25, 0.3) is 0 Å². The fourth-order valence-electron chi connectivity index (χ4n) is 3.86. The number of rotatable bonds is 1. The topological polar surface area (TPSA) is 18.5 Å². The Labute approximate surface area is 115 Å². The molecule has 0 fully saturated rings. The third-order valence-corrected chi connectivity index (χ3v) is 4.90. The minimum Gasteiger partial charge on any atom is -0.483 e. The van der Waals surface area contributed by atoms with E-state index in [0.717, 1.165) is 17.9 Å². The number of allylic oxidation sites excluding steroid dienone is 4. The summed E-state index contributed by atoms with van der Waals surface area (Å²) in [5.74, 6) is 1.95. The summed E-state index contributed by atoms with van der Waals surface area (Å²) in [4.78, 5) is 0. The summed E-state index contributed by atoms with van der Waals surface area (Å²) in [6.07, 6.45) is 5.38. The van der Waals surface area contributed by atoms with Gasteiger partial charge in [-0.2, -0.15) is 0 Å². The molecule has 2 nitrogen and oxygen atoms in total. The Morgan fingerprint density at radius 1 is 0.895 bits per heavy atom. The molecule has 0 N–H and O–H groups in total. The second-order valence-electron chi connectivity index (χ2n) is 6.07. The third-order valence-electron chi connectivity index (χ3n) is 4.90. The van der Waals surface area contributed by atoms with Crippen molar-refractivity contribution in [1.29, 1.82) is 0 Å². The Morgan fingerprint density at radius 2 is 1.37 bits per heavy atom. The highest BCUT2D eigenvalue weighted by Crippen LogP contribution is 2.56. The highest BCUT2D eigenvalue weighted by Gasteiger charge is 2.60. The van der Waals surface area contributed by atoms with Crippen LogP contribution < -0.4 is 0 Å². The van der Waals surface area contributed by atoms with Gasteiger partial charge in [0.25, 0.3) is 0 Å². The minimum atomic E-state index is -0.413. The third kappa shape index (κ3) is 1.32. The van der Waals surface area contributed by atoms with Gasteiger partial charge >= 0.3 is 0 Å². The van der Waals surface area contributed by atoms with Crippen LogP contribution in [0.4, 0.5) is 0 Å². The Balaban J connectivity index is 2.31. The first kappa shape index (κ1) is 12.6. The molecule has 0 radical (unpaired) electrons. The Kier molecular flexibility index (Phi) is 2.36. The van der Waals surface area contributed by atoms with Gasteiger partial charge in [0, 0.05) is 11.1 Å². The van der Waals surface area contributed by atoms with Crippen molar-refractivity contribution in [2.45, 2.75) is 59.2 Å². The summed E-state index contributed by atoms with van der Waals surface area (Å²) in [5, 5.41) is 0. The summed E-state index contributed by atoms with van der Waals surface area (Å²) in [6, 6.07) is 0. The summed E-state index contributed by atoms with van der Waals surface area (Å²) in [5.41, 5.74) is 4.50. The molecular weight excluding hydrogens is 236 g/mol. The van der Waals surface area contributed by atoms with Crippen LogP contribution in [0.1, 0.15) is 48.0 Å². The summed E-state index contributed by atoms with van der Waals surface area (Å²) in [7, 11) is 0. The van der Waals surface area contributed by atoms with Crippen LogP contribution in [-0.2, 0) is 9.47 Å². The first-order valence-electron chi connectivity index (χ1n) is 7.03.